The SMILES string of the molecule is C[C@@H](CO)NC(=O)Nc1ccc(S(C)=O)c(F)c1. The first-order valence-electron chi connectivity index (χ1n) is 5.25. The number of hydrogen-bond donors (Lipinski definition) is 3. The molecule has 0 bridgehead atoms. The summed E-state index contributed by atoms with van der Waals surface area (Å²) >= 11 is 0. The van der Waals surface area contributed by atoms with Gasteiger partial charge in [0.15, 0.2) is 0 Å². The lowest BCUT2D eigenvalue weighted by Crippen LogP contribution is -2.38. The maximum Gasteiger partial charge on any atom is 0.319 e. The van der Waals surface area contributed by atoms with Crippen molar-refractivity contribution in [3.05, 3.63) is 24.0 Å². The van der Waals surface area contributed by atoms with E-state index in [0.29, 0.717) is 0 Å². The van der Waals surface area contributed by atoms with Gasteiger partial charge in [0.2, 0.25) is 0 Å². The number of nitrogens with one attached hydrogen (secondary N) is 2. The summed E-state index contributed by atoms with van der Waals surface area (Å²) in [5.74, 6) is -0.635. The van der Waals surface area contributed by atoms with Crippen molar-refractivity contribution in [2.24, 2.45) is 0 Å². The summed E-state index contributed by atoms with van der Waals surface area (Å²) in [5, 5.41) is 13.6. The Morgan fingerprint density at radius 1 is 1.56 bits per heavy atom. The number of carbonyl (C=O) groups is 1. The van der Waals surface area contributed by atoms with E-state index in [1.54, 1.807) is 6.92 Å². The van der Waals surface area contributed by atoms with Gasteiger partial charge in [0.25, 0.3) is 0 Å². The van der Waals surface area contributed by atoms with Gasteiger partial charge >= 0.3 is 6.03 Å². The van der Waals surface area contributed by atoms with Gasteiger partial charge in [-0.25, -0.2) is 9.18 Å². The molecule has 2 amide bonds. The van der Waals surface area contributed by atoms with Crippen molar-refractivity contribution in [3.63, 3.8) is 0 Å². The average molecular weight is 274 g/mol. The van der Waals surface area contributed by atoms with Gasteiger partial charge < -0.3 is 15.7 Å². The third-order valence-corrected chi connectivity index (χ3v) is 3.10. The van der Waals surface area contributed by atoms with Crippen LogP contribution in [0.5, 0.6) is 0 Å². The third-order valence-electron chi connectivity index (χ3n) is 2.15. The second-order valence-electron chi connectivity index (χ2n) is 3.78. The number of rotatable bonds is 4. The Labute approximate surface area is 107 Å². The molecule has 0 heterocycles. The van der Waals surface area contributed by atoms with E-state index in [1.807, 2.05) is 0 Å². The zero-order chi connectivity index (χ0) is 13.7. The first-order chi connectivity index (χ1) is 8.43. The molecule has 0 spiro atoms. The van der Waals surface area contributed by atoms with Crippen molar-refractivity contribution in [2.45, 2.75) is 17.9 Å². The van der Waals surface area contributed by atoms with Crippen molar-refractivity contribution >= 4 is 22.5 Å². The number of aliphatic hydroxyl groups is 1. The number of anilines is 1. The molecule has 2 atom stereocenters. The van der Waals surface area contributed by atoms with Crippen LogP contribution in [0, 0.1) is 5.82 Å². The van der Waals surface area contributed by atoms with Crippen LogP contribution in [0.4, 0.5) is 14.9 Å². The molecule has 1 unspecified atom stereocenters. The van der Waals surface area contributed by atoms with Gasteiger partial charge in [-0.05, 0) is 25.1 Å². The van der Waals surface area contributed by atoms with Crippen LogP contribution in [0.15, 0.2) is 23.1 Å². The monoisotopic (exact) mass is 274 g/mol. The zero-order valence-electron chi connectivity index (χ0n) is 10.1. The normalized spacial score (nSPS) is 13.8. The summed E-state index contributed by atoms with van der Waals surface area (Å²) in [6.45, 7) is 1.44. The highest BCUT2D eigenvalue weighted by molar-refractivity contribution is 7.84. The van der Waals surface area contributed by atoms with E-state index < -0.39 is 28.7 Å². The van der Waals surface area contributed by atoms with Gasteiger partial charge in [-0.15, -0.1) is 0 Å². The minimum atomic E-state index is -1.41. The van der Waals surface area contributed by atoms with Gasteiger partial charge in [-0.2, -0.15) is 0 Å². The second kappa shape index (κ2) is 6.46. The van der Waals surface area contributed by atoms with E-state index in [-0.39, 0.29) is 17.2 Å². The van der Waals surface area contributed by atoms with Crippen LogP contribution in [0.1, 0.15) is 6.92 Å². The maximum absolute atomic E-state index is 13.5. The first kappa shape index (κ1) is 14.6. The van der Waals surface area contributed by atoms with Gasteiger partial charge in [-0.3, -0.25) is 4.21 Å². The molecule has 0 aliphatic rings. The van der Waals surface area contributed by atoms with Crippen LogP contribution in [-0.2, 0) is 10.8 Å². The molecule has 0 saturated carbocycles. The standard InChI is InChI=1S/C11H15FN2O3S/c1-7(6-15)13-11(16)14-8-3-4-10(18(2)17)9(12)5-8/h3-5,7,15H,6H2,1-2H3,(H2,13,14,16)/t7-,18?/m0/s1. The van der Waals surface area contributed by atoms with Crippen molar-refractivity contribution < 1.29 is 18.5 Å². The predicted octanol–water partition coefficient (Wildman–Crippen LogP) is 1.07. The third kappa shape index (κ3) is 4.08. The van der Waals surface area contributed by atoms with Crippen LogP contribution in [0.2, 0.25) is 0 Å². The van der Waals surface area contributed by atoms with Crippen LogP contribution in [0.3, 0.4) is 0 Å². The lowest BCUT2D eigenvalue weighted by Gasteiger charge is -2.12. The Morgan fingerprint density at radius 2 is 2.22 bits per heavy atom. The maximum atomic E-state index is 13.5. The highest BCUT2D eigenvalue weighted by Gasteiger charge is 2.10. The van der Waals surface area contributed by atoms with Crippen molar-refractivity contribution in [1.82, 2.24) is 5.32 Å². The number of amides is 2. The number of benzene rings is 1. The number of aliphatic hydroxyl groups excluding tert-OH is 1. The molecule has 0 aromatic heterocycles. The fraction of sp³-hybridized carbons (Fsp3) is 0.364. The Kier molecular flexibility index (Phi) is 5.24. The first-order valence-corrected chi connectivity index (χ1v) is 6.81. The molecule has 0 saturated heterocycles. The summed E-state index contributed by atoms with van der Waals surface area (Å²) in [4.78, 5) is 11.5. The number of halogens is 1. The Balaban J connectivity index is 2.72. The van der Waals surface area contributed by atoms with Crippen molar-refractivity contribution in [2.75, 3.05) is 18.2 Å². The fourth-order valence-electron chi connectivity index (χ4n) is 1.25. The smallest absolute Gasteiger partial charge is 0.319 e. The molecule has 0 radical (unpaired) electrons. The molecular formula is C11H15FN2O3S. The van der Waals surface area contributed by atoms with Crippen LogP contribution in [-0.4, -0.2) is 34.3 Å². The number of hydrogen-bond acceptors (Lipinski definition) is 3. The molecule has 3 N–H and O–H groups in total. The van der Waals surface area contributed by atoms with E-state index in [4.69, 9.17) is 5.11 Å². The number of carbonyl (C=O) groups excluding carboxylic acids is 1. The van der Waals surface area contributed by atoms with E-state index in [0.717, 1.165) is 6.07 Å². The predicted molar refractivity (Wildman–Crippen MR) is 67.4 cm³/mol. The summed E-state index contributed by atoms with van der Waals surface area (Å²) in [6.07, 6.45) is 1.38. The fourth-order valence-corrected chi connectivity index (χ4v) is 1.84. The second-order valence-corrected chi connectivity index (χ2v) is 5.13. The molecule has 1 aromatic rings. The molecule has 0 fully saturated rings. The van der Waals surface area contributed by atoms with E-state index in [9.17, 15) is 13.4 Å². The van der Waals surface area contributed by atoms with Crippen LogP contribution in [0.25, 0.3) is 0 Å². The minimum absolute atomic E-state index is 0.0877. The molecule has 0 aliphatic heterocycles. The molecular weight excluding hydrogens is 259 g/mol. The highest BCUT2D eigenvalue weighted by atomic mass is 32.2. The van der Waals surface area contributed by atoms with Crippen LogP contribution >= 0.6 is 0 Å². The van der Waals surface area contributed by atoms with Gasteiger partial charge in [0.05, 0.1) is 28.3 Å². The van der Waals surface area contributed by atoms with E-state index in [1.165, 1.54) is 18.4 Å². The number of urea groups is 1. The highest BCUT2D eigenvalue weighted by Crippen LogP contribution is 2.16. The Morgan fingerprint density at radius 3 is 2.72 bits per heavy atom. The minimum Gasteiger partial charge on any atom is -0.394 e. The van der Waals surface area contributed by atoms with E-state index >= 15 is 0 Å². The molecule has 1 rings (SSSR count). The molecule has 100 valence electrons. The summed E-state index contributed by atoms with van der Waals surface area (Å²) in [6, 6.07) is 2.98. The largest absolute Gasteiger partial charge is 0.394 e. The quantitative estimate of drug-likeness (QED) is 0.768. The van der Waals surface area contributed by atoms with Gasteiger partial charge in [-0.1, -0.05) is 0 Å². The molecule has 5 nitrogen and oxygen atoms in total. The Hall–Kier alpha value is -1.47. The van der Waals surface area contributed by atoms with Crippen LogP contribution < -0.4 is 10.6 Å². The van der Waals surface area contributed by atoms with Crippen molar-refractivity contribution in [1.29, 1.82) is 0 Å². The van der Waals surface area contributed by atoms with Gasteiger partial charge in [0, 0.05) is 11.9 Å². The molecule has 1 aromatic carbocycles. The van der Waals surface area contributed by atoms with Crippen molar-refractivity contribution in [3.8, 4) is 0 Å². The molecule has 0 aliphatic carbocycles. The average Bonchev–Trinajstić information content (AvgIpc) is 2.28. The summed E-state index contributed by atoms with van der Waals surface area (Å²) < 4.78 is 24.6. The lowest BCUT2D eigenvalue weighted by atomic mass is 10.3. The zero-order valence-corrected chi connectivity index (χ0v) is 10.9. The lowest BCUT2D eigenvalue weighted by molar-refractivity contribution is 0.229. The van der Waals surface area contributed by atoms with Gasteiger partial charge in [0.1, 0.15) is 5.82 Å². The van der Waals surface area contributed by atoms with E-state index in [2.05, 4.69) is 10.6 Å². The molecule has 7 heteroatoms. The Bertz CT molecular complexity index is 468. The topological polar surface area (TPSA) is 78.4 Å². The summed E-state index contributed by atoms with van der Waals surface area (Å²) in [5.41, 5.74) is 0.254. The summed E-state index contributed by atoms with van der Waals surface area (Å²) in [7, 11) is -1.41. The molecule has 18 heavy (non-hydrogen) atoms.